The van der Waals surface area contributed by atoms with Crippen molar-refractivity contribution in [3.05, 3.63) is 70.4 Å². The van der Waals surface area contributed by atoms with Crippen LogP contribution in [0.3, 0.4) is 0 Å². The molecule has 0 aliphatic carbocycles. The molecule has 2 aromatic carbocycles. The van der Waals surface area contributed by atoms with Crippen LogP contribution in [0, 0.1) is 5.82 Å². The molecular formula is C20H17FN2O3S2. The number of carbonyl (C=O) groups excluding carboxylic acids is 3. The second kappa shape index (κ2) is 9.07. The van der Waals surface area contributed by atoms with E-state index in [1.165, 1.54) is 24.3 Å². The van der Waals surface area contributed by atoms with Crippen LogP contribution in [-0.2, 0) is 4.79 Å². The zero-order valence-electron chi connectivity index (χ0n) is 15.0. The number of hydrogen-bond acceptors (Lipinski definition) is 5. The van der Waals surface area contributed by atoms with Crippen molar-refractivity contribution in [2.75, 3.05) is 19.3 Å². The summed E-state index contributed by atoms with van der Waals surface area (Å²) in [5.74, 6) is -1.05. The molecule has 1 N–H and O–H groups in total. The summed E-state index contributed by atoms with van der Waals surface area (Å²) in [4.78, 5) is 39.1. The summed E-state index contributed by atoms with van der Waals surface area (Å²) < 4.78 is 13.0. The highest BCUT2D eigenvalue weighted by Gasteiger charge is 2.34. The number of halogens is 1. The molecule has 0 spiro atoms. The summed E-state index contributed by atoms with van der Waals surface area (Å²) in [6, 6.07) is 12.8. The lowest BCUT2D eigenvalue weighted by Gasteiger charge is -2.13. The molecule has 0 bridgehead atoms. The van der Waals surface area contributed by atoms with Gasteiger partial charge < -0.3 is 5.32 Å². The van der Waals surface area contributed by atoms with Gasteiger partial charge in [-0.05, 0) is 66.1 Å². The fourth-order valence-corrected chi connectivity index (χ4v) is 3.80. The van der Waals surface area contributed by atoms with E-state index in [-0.39, 0.29) is 29.7 Å². The van der Waals surface area contributed by atoms with E-state index in [1.54, 1.807) is 30.0 Å². The number of rotatable bonds is 6. The first-order valence-electron chi connectivity index (χ1n) is 8.41. The van der Waals surface area contributed by atoms with E-state index in [4.69, 9.17) is 0 Å². The Labute approximate surface area is 170 Å². The highest BCUT2D eigenvalue weighted by atomic mass is 32.2. The van der Waals surface area contributed by atoms with Crippen molar-refractivity contribution in [1.29, 1.82) is 0 Å². The minimum atomic E-state index is -0.419. The first-order chi connectivity index (χ1) is 13.5. The van der Waals surface area contributed by atoms with E-state index < -0.39 is 11.1 Å². The van der Waals surface area contributed by atoms with Crippen molar-refractivity contribution in [1.82, 2.24) is 10.2 Å². The average molecular weight is 416 g/mol. The van der Waals surface area contributed by atoms with Crippen LogP contribution in [0.2, 0.25) is 0 Å². The number of carbonyl (C=O) groups is 3. The SMILES string of the molecule is CSc1ccc(C(=O)NCCN2C(=O)S/C(=C\c3ccc(F)cc3)C2=O)cc1. The zero-order valence-corrected chi connectivity index (χ0v) is 16.6. The summed E-state index contributed by atoms with van der Waals surface area (Å²) in [5, 5.41) is 2.32. The molecule has 144 valence electrons. The third kappa shape index (κ3) is 4.82. The van der Waals surface area contributed by atoms with Crippen LogP contribution in [0.4, 0.5) is 9.18 Å². The smallest absolute Gasteiger partial charge is 0.293 e. The van der Waals surface area contributed by atoms with Gasteiger partial charge in [0.25, 0.3) is 17.1 Å². The predicted octanol–water partition coefficient (Wildman–Crippen LogP) is 4.01. The van der Waals surface area contributed by atoms with Crippen LogP contribution in [0.25, 0.3) is 6.08 Å². The van der Waals surface area contributed by atoms with Gasteiger partial charge in [0.15, 0.2) is 0 Å². The fourth-order valence-electron chi connectivity index (χ4n) is 2.53. The van der Waals surface area contributed by atoms with E-state index in [9.17, 15) is 18.8 Å². The second-order valence-corrected chi connectivity index (χ2v) is 7.74. The van der Waals surface area contributed by atoms with Crippen molar-refractivity contribution in [3.63, 3.8) is 0 Å². The Bertz CT molecular complexity index is 927. The molecule has 2 aromatic rings. The Morgan fingerprint density at radius 2 is 1.82 bits per heavy atom. The van der Waals surface area contributed by atoms with Crippen molar-refractivity contribution in [2.45, 2.75) is 4.90 Å². The summed E-state index contributed by atoms with van der Waals surface area (Å²) in [6.45, 7) is 0.241. The molecule has 8 heteroatoms. The van der Waals surface area contributed by atoms with Crippen LogP contribution in [0.1, 0.15) is 15.9 Å². The first kappa shape index (κ1) is 20.2. The Balaban J connectivity index is 1.57. The molecule has 1 fully saturated rings. The van der Waals surface area contributed by atoms with Gasteiger partial charge in [0.05, 0.1) is 4.91 Å². The minimum absolute atomic E-state index is 0.0834. The Kier molecular flexibility index (Phi) is 6.53. The van der Waals surface area contributed by atoms with Crippen molar-refractivity contribution in [3.8, 4) is 0 Å². The monoisotopic (exact) mass is 416 g/mol. The first-order valence-corrected chi connectivity index (χ1v) is 10.5. The van der Waals surface area contributed by atoms with Gasteiger partial charge in [-0.2, -0.15) is 0 Å². The number of benzene rings is 2. The Morgan fingerprint density at radius 1 is 1.14 bits per heavy atom. The van der Waals surface area contributed by atoms with Gasteiger partial charge in [0, 0.05) is 23.5 Å². The maximum absolute atomic E-state index is 13.0. The molecular weight excluding hydrogens is 399 g/mol. The summed E-state index contributed by atoms with van der Waals surface area (Å²) in [7, 11) is 0. The molecule has 1 aliphatic rings. The molecule has 0 radical (unpaired) electrons. The lowest BCUT2D eigenvalue weighted by molar-refractivity contribution is -0.122. The van der Waals surface area contributed by atoms with Gasteiger partial charge in [0.2, 0.25) is 0 Å². The molecule has 1 heterocycles. The predicted molar refractivity (Wildman–Crippen MR) is 110 cm³/mol. The standard InChI is InChI=1S/C20H17FN2O3S2/c1-27-16-8-4-14(5-9-16)18(24)22-10-11-23-19(25)17(28-20(23)26)12-13-2-6-15(21)7-3-13/h2-9,12H,10-11H2,1H3,(H,22,24)/b17-12-. The summed E-state index contributed by atoms with van der Waals surface area (Å²) in [5.41, 5.74) is 1.15. The van der Waals surface area contributed by atoms with Crippen molar-refractivity contribution >= 4 is 46.7 Å². The molecule has 0 aromatic heterocycles. The quantitative estimate of drug-likeness (QED) is 0.569. The maximum atomic E-state index is 13.0. The number of thioether (sulfide) groups is 2. The van der Waals surface area contributed by atoms with Crippen LogP contribution in [0.5, 0.6) is 0 Å². The van der Waals surface area contributed by atoms with Gasteiger partial charge >= 0.3 is 0 Å². The number of amides is 3. The zero-order chi connectivity index (χ0) is 20.1. The lowest BCUT2D eigenvalue weighted by Crippen LogP contribution is -2.37. The molecule has 3 rings (SSSR count). The average Bonchev–Trinajstić information content (AvgIpc) is 2.97. The maximum Gasteiger partial charge on any atom is 0.293 e. The molecule has 0 atom stereocenters. The summed E-state index contributed by atoms with van der Waals surface area (Å²) >= 11 is 2.42. The van der Waals surface area contributed by atoms with E-state index in [0.717, 1.165) is 21.6 Å². The molecule has 0 saturated carbocycles. The number of nitrogens with one attached hydrogen (secondary N) is 1. The number of nitrogens with zero attached hydrogens (tertiary/aromatic N) is 1. The highest BCUT2D eigenvalue weighted by Crippen LogP contribution is 2.31. The van der Waals surface area contributed by atoms with E-state index in [1.807, 2.05) is 18.4 Å². The molecule has 5 nitrogen and oxygen atoms in total. The van der Waals surface area contributed by atoms with E-state index >= 15 is 0 Å². The van der Waals surface area contributed by atoms with Crippen LogP contribution in [0.15, 0.2) is 58.3 Å². The lowest BCUT2D eigenvalue weighted by atomic mass is 10.2. The van der Waals surface area contributed by atoms with Gasteiger partial charge in [-0.15, -0.1) is 11.8 Å². The fraction of sp³-hybridized carbons (Fsp3) is 0.150. The van der Waals surface area contributed by atoms with Gasteiger partial charge in [-0.3, -0.25) is 19.3 Å². The second-order valence-electron chi connectivity index (χ2n) is 5.87. The van der Waals surface area contributed by atoms with Crippen LogP contribution in [-0.4, -0.2) is 41.3 Å². The van der Waals surface area contributed by atoms with E-state index in [2.05, 4.69) is 5.32 Å². The minimum Gasteiger partial charge on any atom is -0.350 e. The van der Waals surface area contributed by atoms with Crippen LogP contribution < -0.4 is 5.32 Å². The topological polar surface area (TPSA) is 66.5 Å². The summed E-state index contributed by atoms with van der Waals surface area (Å²) in [6.07, 6.45) is 3.51. The number of hydrogen-bond donors (Lipinski definition) is 1. The Hall–Kier alpha value is -2.58. The molecule has 3 amide bonds. The Morgan fingerprint density at radius 3 is 2.46 bits per heavy atom. The van der Waals surface area contributed by atoms with Gasteiger partial charge in [-0.1, -0.05) is 12.1 Å². The number of imide groups is 1. The van der Waals surface area contributed by atoms with Crippen molar-refractivity contribution in [2.24, 2.45) is 0 Å². The molecule has 1 saturated heterocycles. The molecule has 28 heavy (non-hydrogen) atoms. The van der Waals surface area contributed by atoms with Gasteiger partial charge in [-0.25, -0.2) is 4.39 Å². The van der Waals surface area contributed by atoms with Crippen molar-refractivity contribution < 1.29 is 18.8 Å². The van der Waals surface area contributed by atoms with Gasteiger partial charge in [0.1, 0.15) is 5.82 Å². The molecule has 1 aliphatic heterocycles. The highest BCUT2D eigenvalue weighted by molar-refractivity contribution is 8.18. The third-order valence-corrected chi connectivity index (χ3v) is 5.67. The molecule has 0 unspecified atom stereocenters. The largest absolute Gasteiger partial charge is 0.350 e. The van der Waals surface area contributed by atoms with E-state index in [0.29, 0.717) is 11.1 Å². The third-order valence-electron chi connectivity index (χ3n) is 4.01. The normalized spacial score (nSPS) is 15.4. The van der Waals surface area contributed by atoms with Crippen LogP contribution >= 0.6 is 23.5 Å².